The maximum atomic E-state index is 12.7. The van der Waals surface area contributed by atoms with E-state index >= 15 is 0 Å². The minimum atomic E-state index is -3.93. The average Bonchev–Trinajstić information content (AvgIpc) is 3.32. The molecule has 4 rings (SSSR count). The summed E-state index contributed by atoms with van der Waals surface area (Å²) >= 11 is 0. The van der Waals surface area contributed by atoms with Crippen molar-refractivity contribution < 1.29 is 13.2 Å². The first-order valence-electron chi connectivity index (χ1n) is 8.07. The first kappa shape index (κ1) is 16.4. The van der Waals surface area contributed by atoms with E-state index in [1.54, 1.807) is 18.2 Å². The zero-order chi connectivity index (χ0) is 18.3. The number of aromatic nitrogens is 2. The first-order chi connectivity index (χ1) is 12.4. The predicted octanol–water partition coefficient (Wildman–Crippen LogP) is 1.55. The van der Waals surface area contributed by atoms with E-state index in [9.17, 15) is 18.0 Å². The van der Waals surface area contributed by atoms with Gasteiger partial charge in [0.05, 0.1) is 27.2 Å². The molecule has 1 amide bonds. The Labute approximate surface area is 148 Å². The third-order valence-electron chi connectivity index (χ3n) is 4.13. The number of benzene rings is 2. The van der Waals surface area contributed by atoms with E-state index < -0.39 is 15.7 Å². The zero-order valence-corrected chi connectivity index (χ0v) is 14.4. The fourth-order valence-corrected chi connectivity index (χ4v) is 3.75. The molecule has 2 aromatic carbocycles. The fraction of sp³-hybridized carbons (Fsp3) is 0.176. The summed E-state index contributed by atoms with van der Waals surface area (Å²) in [5.41, 5.74) is 0.952. The monoisotopic (exact) mass is 372 g/mol. The van der Waals surface area contributed by atoms with Gasteiger partial charge in [-0.2, -0.15) is 0 Å². The van der Waals surface area contributed by atoms with Gasteiger partial charge >= 0.3 is 5.69 Å². The average molecular weight is 372 g/mol. The maximum absolute atomic E-state index is 12.7. The van der Waals surface area contributed by atoms with Crippen molar-refractivity contribution in [1.82, 2.24) is 15.3 Å². The summed E-state index contributed by atoms with van der Waals surface area (Å²) < 4.78 is 27.9. The number of sulfonamides is 1. The predicted molar refractivity (Wildman–Crippen MR) is 96.7 cm³/mol. The number of carbonyl (C=O) groups excluding carboxylic acids is 1. The van der Waals surface area contributed by atoms with Gasteiger partial charge in [0.2, 0.25) is 0 Å². The van der Waals surface area contributed by atoms with E-state index in [4.69, 9.17) is 0 Å². The highest BCUT2D eigenvalue weighted by Crippen LogP contribution is 2.24. The lowest BCUT2D eigenvalue weighted by atomic mass is 10.1. The second kappa shape index (κ2) is 6.03. The summed E-state index contributed by atoms with van der Waals surface area (Å²) in [6, 6.07) is 10.9. The smallest absolute Gasteiger partial charge is 0.323 e. The summed E-state index contributed by atoms with van der Waals surface area (Å²) in [6.07, 6.45) is 1.88. The molecule has 0 unspecified atom stereocenters. The highest BCUT2D eigenvalue weighted by atomic mass is 32.2. The van der Waals surface area contributed by atoms with Crippen LogP contribution in [-0.2, 0) is 10.0 Å². The van der Waals surface area contributed by atoms with Gasteiger partial charge in [0.25, 0.3) is 15.9 Å². The fourth-order valence-electron chi connectivity index (χ4n) is 2.64. The van der Waals surface area contributed by atoms with Crippen LogP contribution in [0.15, 0.2) is 52.2 Å². The van der Waals surface area contributed by atoms with Crippen LogP contribution in [0.25, 0.3) is 11.0 Å². The lowest BCUT2D eigenvalue weighted by Crippen LogP contribution is -2.27. The van der Waals surface area contributed by atoms with Crippen LogP contribution in [0.1, 0.15) is 23.2 Å². The van der Waals surface area contributed by atoms with Gasteiger partial charge in [0.15, 0.2) is 0 Å². The van der Waals surface area contributed by atoms with E-state index in [2.05, 4.69) is 20.0 Å². The number of amides is 1. The number of rotatable bonds is 5. The number of para-hydroxylation sites is 1. The third kappa shape index (κ3) is 3.21. The third-order valence-corrected chi connectivity index (χ3v) is 5.49. The first-order valence-corrected chi connectivity index (χ1v) is 9.55. The molecule has 3 aromatic rings. The molecule has 0 radical (unpaired) electrons. The number of nitrogens with one attached hydrogen (secondary N) is 4. The Morgan fingerprint density at radius 3 is 2.54 bits per heavy atom. The van der Waals surface area contributed by atoms with E-state index in [0.717, 1.165) is 12.8 Å². The second-order valence-electron chi connectivity index (χ2n) is 6.19. The number of hydrogen-bond donors (Lipinski definition) is 4. The van der Waals surface area contributed by atoms with Crippen LogP contribution in [0, 0.1) is 0 Å². The van der Waals surface area contributed by atoms with Crippen LogP contribution in [0.3, 0.4) is 0 Å². The van der Waals surface area contributed by atoms with Crippen molar-refractivity contribution in [1.29, 1.82) is 0 Å². The Hall–Kier alpha value is -3.07. The lowest BCUT2D eigenvalue weighted by molar-refractivity contribution is 0.0952. The molecule has 0 bridgehead atoms. The molecule has 1 fully saturated rings. The van der Waals surface area contributed by atoms with E-state index in [1.165, 1.54) is 24.3 Å². The van der Waals surface area contributed by atoms with Crippen LogP contribution in [-0.4, -0.2) is 30.3 Å². The maximum Gasteiger partial charge on any atom is 0.323 e. The van der Waals surface area contributed by atoms with Gasteiger partial charge in [0.1, 0.15) is 0 Å². The standard InChI is InChI=1S/C17H16N4O4S/c22-16(18-10-5-6-10)12-3-1-2-4-13(12)21-26(24,25)11-7-8-14-15(9-11)20-17(23)19-14/h1-4,7-10,21H,5-6H2,(H,18,22)(H2,19,20,23). The molecule has 0 spiro atoms. The molecule has 4 N–H and O–H groups in total. The number of anilines is 1. The molecule has 8 nitrogen and oxygen atoms in total. The topological polar surface area (TPSA) is 124 Å². The molecule has 26 heavy (non-hydrogen) atoms. The van der Waals surface area contributed by atoms with Crippen LogP contribution < -0.4 is 15.7 Å². The van der Waals surface area contributed by atoms with Gasteiger partial charge in [0, 0.05) is 6.04 Å². The van der Waals surface area contributed by atoms with Crippen molar-refractivity contribution in [2.24, 2.45) is 0 Å². The quantitative estimate of drug-likeness (QED) is 0.542. The largest absolute Gasteiger partial charge is 0.349 e. The molecule has 1 aliphatic rings. The Balaban J connectivity index is 1.66. The summed E-state index contributed by atoms with van der Waals surface area (Å²) in [7, 11) is -3.93. The minimum absolute atomic E-state index is 0.0161. The van der Waals surface area contributed by atoms with Crippen molar-refractivity contribution in [3.05, 3.63) is 58.5 Å². The van der Waals surface area contributed by atoms with Crippen molar-refractivity contribution in [3.63, 3.8) is 0 Å². The molecule has 0 atom stereocenters. The van der Waals surface area contributed by atoms with Crippen molar-refractivity contribution >= 4 is 32.7 Å². The van der Waals surface area contributed by atoms with Crippen molar-refractivity contribution in [2.45, 2.75) is 23.8 Å². The second-order valence-corrected chi connectivity index (χ2v) is 7.87. The Morgan fingerprint density at radius 2 is 1.77 bits per heavy atom. The van der Waals surface area contributed by atoms with Crippen LogP contribution >= 0.6 is 0 Å². The van der Waals surface area contributed by atoms with Crippen molar-refractivity contribution in [2.75, 3.05) is 4.72 Å². The van der Waals surface area contributed by atoms with E-state index in [1.807, 2.05) is 0 Å². The zero-order valence-electron chi connectivity index (χ0n) is 13.6. The molecule has 9 heteroatoms. The number of hydrogen-bond acceptors (Lipinski definition) is 4. The van der Waals surface area contributed by atoms with Crippen LogP contribution in [0.4, 0.5) is 5.69 Å². The highest BCUT2D eigenvalue weighted by Gasteiger charge is 2.25. The normalized spacial score (nSPS) is 14.3. The molecule has 1 aromatic heterocycles. The van der Waals surface area contributed by atoms with Gasteiger partial charge in [-0.05, 0) is 43.2 Å². The molecule has 0 aliphatic heterocycles. The highest BCUT2D eigenvalue weighted by molar-refractivity contribution is 7.92. The van der Waals surface area contributed by atoms with E-state index in [-0.39, 0.29) is 28.1 Å². The Bertz CT molecular complexity index is 1160. The molecular weight excluding hydrogens is 356 g/mol. The number of fused-ring (bicyclic) bond motifs is 1. The number of carbonyl (C=O) groups is 1. The van der Waals surface area contributed by atoms with E-state index in [0.29, 0.717) is 11.0 Å². The molecular formula is C17H16N4O4S. The van der Waals surface area contributed by atoms with Gasteiger partial charge in [-0.3, -0.25) is 9.52 Å². The van der Waals surface area contributed by atoms with Gasteiger partial charge in [-0.15, -0.1) is 0 Å². The van der Waals surface area contributed by atoms with Crippen LogP contribution in [0.2, 0.25) is 0 Å². The SMILES string of the molecule is O=C(NC1CC1)c1ccccc1NS(=O)(=O)c1ccc2[nH]c(=O)[nH]c2c1. The van der Waals surface area contributed by atoms with Gasteiger partial charge < -0.3 is 15.3 Å². The minimum Gasteiger partial charge on any atom is -0.349 e. The molecule has 1 saturated carbocycles. The molecule has 134 valence electrons. The molecule has 1 aliphatic carbocycles. The van der Waals surface area contributed by atoms with Gasteiger partial charge in [-0.25, -0.2) is 13.2 Å². The Morgan fingerprint density at radius 1 is 1.04 bits per heavy atom. The number of imidazole rings is 1. The van der Waals surface area contributed by atoms with Crippen LogP contribution in [0.5, 0.6) is 0 Å². The summed E-state index contributed by atoms with van der Waals surface area (Å²) in [5.74, 6) is -0.309. The van der Waals surface area contributed by atoms with Gasteiger partial charge in [-0.1, -0.05) is 12.1 Å². The summed E-state index contributed by atoms with van der Waals surface area (Å²) in [5, 5.41) is 2.85. The lowest BCUT2D eigenvalue weighted by Gasteiger charge is -2.12. The molecule has 0 saturated heterocycles. The number of aromatic amines is 2. The van der Waals surface area contributed by atoms with Crippen molar-refractivity contribution in [3.8, 4) is 0 Å². The number of H-pyrrole nitrogens is 2. The summed E-state index contributed by atoms with van der Waals surface area (Å²) in [4.78, 5) is 28.7. The Kier molecular flexibility index (Phi) is 3.80. The molecule has 1 heterocycles. The summed E-state index contributed by atoms with van der Waals surface area (Å²) in [6.45, 7) is 0.